The van der Waals surface area contributed by atoms with E-state index in [4.69, 9.17) is 29.1 Å². The standard InChI is InChI=1S/C42H52N8O5/c1-25-21-28(12-14-31(25)26(2)45-38(51)36-46-39(55-48-36)41(3,4)5)35-32-22-30(24-44-37(32)50(47-35)34-11-9-10-20-53-34)29-13-15-33(43-23-29)27-16-18-49(19-17-27)40(52)54-42(6,7)8/h12-15,21-24,26-27,34H,9-11,16-20H2,1-8H3,(H,45,51)/t26-,34?/m1/s1. The van der Waals surface area contributed by atoms with Crippen LogP contribution in [0.25, 0.3) is 33.4 Å². The van der Waals surface area contributed by atoms with E-state index in [1.807, 2.05) is 84.6 Å². The number of ether oxygens (including phenoxy) is 2. The minimum absolute atomic E-state index is 0.0155. The molecule has 290 valence electrons. The highest BCUT2D eigenvalue weighted by Crippen LogP contribution is 2.36. The number of nitrogens with one attached hydrogen (secondary N) is 1. The molecule has 13 nitrogen and oxygen atoms in total. The maximum atomic E-state index is 13.0. The summed E-state index contributed by atoms with van der Waals surface area (Å²) in [5.41, 5.74) is 6.56. The first kappa shape index (κ1) is 38.1. The quantitative estimate of drug-likeness (QED) is 0.172. The Balaban J connectivity index is 1.12. The van der Waals surface area contributed by atoms with Gasteiger partial charge < -0.3 is 24.2 Å². The number of hydrogen-bond donors (Lipinski definition) is 1. The zero-order valence-electron chi connectivity index (χ0n) is 33.2. The van der Waals surface area contributed by atoms with Gasteiger partial charge in [-0.1, -0.05) is 44.1 Å². The van der Waals surface area contributed by atoms with Crippen molar-refractivity contribution in [3.63, 3.8) is 0 Å². The van der Waals surface area contributed by atoms with E-state index in [2.05, 4.69) is 39.7 Å². The van der Waals surface area contributed by atoms with Gasteiger partial charge in [0.15, 0.2) is 11.9 Å². The van der Waals surface area contributed by atoms with Crippen molar-refractivity contribution in [3.8, 4) is 22.4 Å². The third kappa shape index (κ3) is 8.41. The van der Waals surface area contributed by atoms with E-state index in [0.717, 1.165) is 82.3 Å². The number of fused-ring (bicyclic) bond motifs is 1. The lowest BCUT2D eigenvalue weighted by molar-refractivity contribution is -0.0368. The van der Waals surface area contributed by atoms with Gasteiger partial charge >= 0.3 is 6.09 Å². The van der Waals surface area contributed by atoms with Gasteiger partial charge in [-0.3, -0.25) is 9.78 Å². The van der Waals surface area contributed by atoms with Crippen LogP contribution in [0.3, 0.4) is 0 Å². The Hall–Kier alpha value is -5.17. The molecule has 4 aromatic heterocycles. The van der Waals surface area contributed by atoms with Crippen LogP contribution in [0.1, 0.15) is 132 Å². The Labute approximate surface area is 322 Å². The van der Waals surface area contributed by atoms with E-state index < -0.39 is 11.5 Å². The van der Waals surface area contributed by atoms with Crippen LogP contribution in [0.2, 0.25) is 0 Å². The molecule has 1 aromatic carbocycles. The van der Waals surface area contributed by atoms with Crippen molar-refractivity contribution < 1.29 is 23.6 Å². The fourth-order valence-electron chi connectivity index (χ4n) is 7.28. The molecular weight excluding hydrogens is 697 g/mol. The normalized spacial score (nSPS) is 17.7. The molecule has 1 unspecified atom stereocenters. The summed E-state index contributed by atoms with van der Waals surface area (Å²) in [4.78, 5) is 41.6. The highest BCUT2D eigenvalue weighted by Gasteiger charge is 2.29. The number of carbonyl (C=O) groups is 2. The monoisotopic (exact) mass is 748 g/mol. The van der Waals surface area contributed by atoms with Crippen molar-refractivity contribution in [2.75, 3.05) is 19.7 Å². The first-order chi connectivity index (χ1) is 26.1. The number of amides is 2. The minimum Gasteiger partial charge on any atom is -0.444 e. The van der Waals surface area contributed by atoms with E-state index >= 15 is 0 Å². The second-order valence-corrected chi connectivity index (χ2v) is 16.9. The molecule has 0 bridgehead atoms. The van der Waals surface area contributed by atoms with E-state index in [0.29, 0.717) is 25.6 Å². The highest BCUT2D eigenvalue weighted by atomic mass is 16.6. The number of piperidine rings is 1. The summed E-state index contributed by atoms with van der Waals surface area (Å²) in [6, 6.07) is 12.2. The molecule has 7 rings (SSSR count). The predicted octanol–water partition coefficient (Wildman–Crippen LogP) is 8.45. The number of aryl methyl sites for hydroxylation is 1. The molecule has 0 saturated carbocycles. The van der Waals surface area contributed by atoms with Crippen LogP contribution in [0, 0.1) is 6.92 Å². The molecule has 2 fully saturated rings. The Morgan fingerprint density at radius 3 is 2.31 bits per heavy atom. The molecule has 55 heavy (non-hydrogen) atoms. The van der Waals surface area contributed by atoms with Crippen LogP contribution in [-0.4, -0.2) is 72.1 Å². The third-order valence-electron chi connectivity index (χ3n) is 10.3. The van der Waals surface area contributed by atoms with Gasteiger partial charge in [0.05, 0.1) is 6.04 Å². The average molecular weight is 749 g/mol. The van der Waals surface area contributed by atoms with Crippen LogP contribution in [0.15, 0.2) is 53.3 Å². The summed E-state index contributed by atoms with van der Waals surface area (Å²) >= 11 is 0. The van der Waals surface area contributed by atoms with Gasteiger partial charge in [0.2, 0.25) is 5.89 Å². The Bertz CT molecular complexity index is 2160. The largest absolute Gasteiger partial charge is 0.444 e. The number of aromatic nitrogens is 6. The lowest BCUT2D eigenvalue weighted by atomic mass is 9.92. The zero-order chi connectivity index (χ0) is 39.1. The lowest BCUT2D eigenvalue weighted by Crippen LogP contribution is -2.41. The molecule has 2 atom stereocenters. The molecule has 5 aromatic rings. The number of hydrogen-bond acceptors (Lipinski definition) is 10. The second-order valence-electron chi connectivity index (χ2n) is 16.9. The molecule has 2 saturated heterocycles. The van der Waals surface area contributed by atoms with Crippen LogP contribution in [0.5, 0.6) is 0 Å². The Morgan fingerprint density at radius 2 is 1.67 bits per heavy atom. The van der Waals surface area contributed by atoms with Gasteiger partial charge in [-0.2, -0.15) is 10.1 Å². The number of pyridine rings is 2. The van der Waals surface area contributed by atoms with E-state index in [9.17, 15) is 9.59 Å². The molecule has 1 N–H and O–H groups in total. The summed E-state index contributed by atoms with van der Waals surface area (Å²) in [6.45, 7) is 17.5. The number of carbonyl (C=O) groups excluding carboxylic acids is 2. The van der Waals surface area contributed by atoms with Crippen LogP contribution < -0.4 is 5.32 Å². The fourth-order valence-corrected chi connectivity index (χ4v) is 7.28. The molecule has 2 amide bonds. The zero-order valence-corrected chi connectivity index (χ0v) is 33.2. The average Bonchev–Trinajstić information content (AvgIpc) is 3.81. The Kier molecular flexibility index (Phi) is 10.5. The van der Waals surface area contributed by atoms with Gasteiger partial charge in [0.1, 0.15) is 11.3 Å². The summed E-state index contributed by atoms with van der Waals surface area (Å²) in [7, 11) is 0. The van der Waals surface area contributed by atoms with Gasteiger partial charge in [-0.05, 0) is 96.0 Å². The van der Waals surface area contributed by atoms with E-state index in [-0.39, 0.29) is 35.5 Å². The van der Waals surface area contributed by atoms with Crippen molar-refractivity contribution in [2.24, 2.45) is 0 Å². The second kappa shape index (κ2) is 15.2. The summed E-state index contributed by atoms with van der Waals surface area (Å²) in [6.07, 6.45) is 8.00. The number of rotatable bonds is 7. The van der Waals surface area contributed by atoms with Gasteiger partial charge in [-0.25, -0.2) is 14.5 Å². The van der Waals surface area contributed by atoms with E-state index in [1.165, 1.54) is 0 Å². The number of benzene rings is 1. The first-order valence-corrected chi connectivity index (χ1v) is 19.3. The molecule has 0 radical (unpaired) electrons. The van der Waals surface area contributed by atoms with Crippen molar-refractivity contribution in [1.29, 1.82) is 0 Å². The van der Waals surface area contributed by atoms with Gasteiger partial charge in [0, 0.05) is 71.2 Å². The molecule has 6 heterocycles. The molecule has 0 spiro atoms. The van der Waals surface area contributed by atoms with Crippen molar-refractivity contribution >= 4 is 23.0 Å². The maximum absolute atomic E-state index is 13.0. The predicted molar refractivity (Wildman–Crippen MR) is 208 cm³/mol. The summed E-state index contributed by atoms with van der Waals surface area (Å²) in [5.74, 6) is 0.311. The van der Waals surface area contributed by atoms with Gasteiger partial charge in [0.25, 0.3) is 11.7 Å². The van der Waals surface area contributed by atoms with Crippen molar-refractivity contribution in [3.05, 3.63) is 77.3 Å². The first-order valence-electron chi connectivity index (χ1n) is 19.3. The molecule has 2 aliphatic heterocycles. The number of likely N-dealkylation sites (tertiary alicyclic amines) is 1. The topological polar surface area (TPSA) is 150 Å². The highest BCUT2D eigenvalue weighted by molar-refractivity contribution is 5.94. The Morgan fingerprint density at radius 1 is 0.927 bits per heavy atom. The molecule has 2 aliphatic rings. The molecular formula is C42H52N8O5. The molecule has 13 heteroatoms. The molecule has 0 aliphatic carbocycles. The minimum atomic E-state index is -0.510. The van der Waals surface area contributed by atoms with Crippen LogP contribution in [0.4, 0.5) is 4.79 Å². The third-order valence-corrected chi connectivity index (χ3v) is 10.3. The van der Waals surface area contributed by atoms with Crippen LogP contribution >= 0.6 is 0 Å². The smallest absolute Gasteiger partial charge is 0.410 e. The van der Waals surface area contributed by atoms with Crippen LogP contribution in [-0.2, 0) is 14.9 Å². The maximum Gasteiger partial charge on any atom is 0.410 e. The fraction of sp³-hybridized carbons (Fsp3) is 0.500. The summed E-state index contributed by atoms with van der Waals surface area (Å²) < 4.78 is 19.0. The van der Waals surface area contributed by atoms with Crippen molar-refractivity contribution in [2.45, 2.75) is 117 Å². The SMILES string of the molecule is Cc1cc(-c2nn(C3CCCCO3)c3ncc(-c4ccc(C5CCN(C(=O)OC(C)(C)C)CC5)nc4)cc23)ccc1[C@@H](C)NC(=O)c1noc(C(C)(C)C)n1. The summed E-state index contributed by atoms with van der Waals surface area (Å²) in [5, 5.41) is 13.0. The lowest BCUT2D eigenvalue weighted by Gasteiger charge is -2.33. The van der Waals surface area contributed by atoms with E-state index in [1.54, 1.807) is 4.90 Å². The van der Waals surface area contributed by atoms with Crippen molar-refractivity contribution in [1.82, 2.24) is 40.1 Å². The van der Waals surface area contributed by atoms with Gasteiger partial charge in [-0.15, -0.1) is 0 Å². The number of nitrogens with zero attached hydrogens (tertiary/aromatic N) is 7.